The first-order valence-electron chi connectivity index (χ1n) is 7.24. The van der Waals surface area contributed by atoms with Gasteiger partial charge in [-0.15, -0.1) is 0 Å². The molecule has 1 amide bonds. The number of carbonyl (C=O) groups excluding carboxylic acids is 1. The van der Waals surface area contributed by atoms with Crippen molar-refractivity contribution in [2.45, 2.75) is 31.7 Å². The number of pyridine rings is 1. The van der Waals surface area contributed by atoms with Crippen molar-refractivity contribution in [3.05, 3.63) is 29.6 Å². The van der Waals surface area contributed by atoms with Gasteiger partial charge in [-0.3, -0.25) is 4.79 Å². The number of amides is 1. The molecule has 1 fully saturated rings. The fourth-order valence-corrected chi connectivity index (χ4v) is 2.34. The largest absolute Gasteiger partial charge is 0.396 e. The Morgan fingerprint density at radius 2 is 2.24 bits per heavy atom. The Bertz CT molecular complexity index is 544. The van der Waals surface area contributed by atoms with Gasteiger partial charge < -0.3 is 15.1 Å². The number of nitrogens with zero attached hydrogens (tertiary/aromatic N) is 2. The Balaban J connectivity index is 2.23. The molecule has 21 heavy (non-hydrogen) atoms. The number of hydrogen-bond donors (Lipinski definition) is 2. The number of rotatable bonds is 5. The molecule has 2 rings (SSSR count). The summed E-state index contributed by atoms with van der Waals surface area (Å²) < 4.78 is 0. The molecule has 0 bridgehead atoms. The Labute approximate surface area is 124 Å². The first kappa shape index (κ1) is 15.5. The van der Waals surface area contributed by atoms with Crippen LogP contribution >= 0.6 is 0 Å². The Hall–Kier alpha value is -1.90. The fraction of sp³-hybridized carbons (Fsp3) is 0.500. The van der Waals surface area contributed by atoms with E-state index in [2.05, 4.69) is 16.8 Å². The van der Waals surface area contributed by atoms with E-state index in [1.807, 2.05) is 0 Å². The molecule has 1 heterocycles. The molecule has 0 aromatic carbocycles. The van der Waals surface area contributed by atoms with E-state index in [4.69, 9.17) is 10.2 Å². The molecular weight excluding hydrogens is 268 g/mol. The summed E-state index contributed by atoms with van der Waals surface area (Å²) in [7, 11) is 0. The molecule has 1 saturated carbocycles. The molecule has 0 unspecified atom stereocenters. The van der Waals surface area contributed by atoms with E-state index >= 15 is 0 Å². The summed E-state index contributed by atoms with van der Waals surface area (Å²) in [5.74, 6) is 5.18. The number of aliphatic hydroxyl groups is 2. The molecule has 5 nitrogen and oxygen atoms in total. The van der Waals surface area contributed by atoms with Gasteiger partial charge in [0.15, 0.2) is 0 Å². The van der Waals surface area contributed by atoms with Crippen LogP contribution in [-0.2, 0) is 0 Å². The van der Waals surface area contributed by atoms with Crippen LogP contribution in [0.15, 0.2) is 18.3 Å². The second-order valence-electron chi connectivity index (χ2n) is 5.02. The number of aromatic nitrogens is 1. The normalized spacial score (nSPS) is 14.0. The Morgan fingerprint density at radius 3 is 2.86 bits per heavy atom. The lowest BCUT2D eigenvalue weighted by molar-refractivity contribution is 0.0556. The van der Waals surface area contributed by atoms with Gasteiger partial charge in [-0.1, -0.05) is 11.8 Å². The van der Waals surface area contributed by atoms with Crippen LogP contribution in [-0.4, -0.2) is 51.8 Å². The molecule has 112 valence electrons. The van der Waals surface area contributed by atoms with Crippen molar-refractivity contribution in [1.29, 1.82) is 0 Å². The van der Waals surface area contributed by atoms with Crippen molar-refractivity contribution in [1.82, 2.24) is 9.88 Å². The maximum atomic E-state index is 12.7. The third-order valence-corrected chi connectivity index (χ3v) is 3.65. The Morgan fingerprint density at radius 1 is 1.43 bits per heavy atom. The zero-order valence-electron chi connectivity index (χ0n) is 12.0. The summed E-state index contributed by atoms with van der Waals surface area (Å²) in [4.78, 5) is 18.7. The van der Waals surface area contributed by atoms with Crippen molar-refractivity contribution >= 4 is 5.91 Å². The molecule has 1 aliphatic rings. The molecule has 1 aromatic heterocycles. The number of aliphatic hydroxyl groups excluding tert-OH is 2. The minimum absolute atomic E-state index is 0.0654. The topological polar surface area (TPSA) is 73.7 Å². The highest BCUT2D eigenvalue weighted by Crippen LogP contribution is 2.26. The van der Waals surface area contributed by atoms with Crippen LogP contribution in [0.4, 0.5) is 0 Å². The lowest BCUT2D eigenvalue weighted by Gasteiger charge is -2.37. The van der Waals surface area contributed by atoms with Crippen molar-refractivity contribution in [2.24, 2.45) is 0 Å². The maximum absolute atomic E-state index is 12.7. The first-order valence-corrected chi connectivity index (χ1v) is 7.24. The van der Waals surface area contributed by atoms with Crippen molar-refractivity contribution in [2.75, 3.05) is 19.8 Å². The minimum atomic E-state index is -0.251. The van der Waals surface area contributed by atoms with E-state index < -0.39 is 0 Å². The van der Waals surface area contributed by atoms with Gasteiger partial charge in [0.25, 0.3) is 5.91 Å². The second kappa shape index (κ2) is 7.77. The molecule has 5 heteroatoms. The minimum Gasteiger partial charge on any atom is -0.396 e. The molecule has 0 spiro atoms. The van der Waals surface area contributed by atoms with Gasteiger partial charge in [-0.05, 0) is 37.8 Å². The summed E-state index contributed by atoms with van der Waals surface area (Å²) in [5, 5.41) is 17.8. The zero-order chi connectivity index (χ0) is 15.1. The highest BCUT2D eigenvalue weighted by Gasteiger charge is 2.30. The molecule has 0 saturated heterocycles. The van der Waals surface area contributed by atoms with E-state index in [-0.39, 0.29) is 25.2 Å². The van der Waals surface area contributed by atoms with Gasteiger partial charge in [0, 0.05) is 25.4 Å². The van der Waals surface area contributed by atoms with E-state index in [1.165, 1.54) is 0 Å². The first-order chi connectivity index (χ1) is 10.3. The molecule has 0 radical (unpaired) electrons. The third kappa shape index (κ3) is 3.81. The standard InChI is InChI=1S/C16H20N2O3/c19-11-3-6-13-5-2-9-17-15(13)16(21)18(10-4-12-20)14-7-1-8-14/h2,5,9,14,19-20H,1,4,7-8,10-12H2. The summed E-state index contributed by atoms with van der Waals surface area (Å²) in [5.41, 5.74) is 0.855. The van der Waals surface area contributed by atoms with Gasteiger partial charge in [0.2, 0.25) is 0 Å². The smallest absolute Gasteiger partial charge is 0.273 e. The van der Waals surface area contributed by atoms with Crippen molar-refractivity contribution in [3.8, 4) is 11.8 Å². The van der Waals surface area contributed by atoms with Gasteiger partial charge in [0.05, 0.1) is 5.56 Å². The van der Waals surface area contributed by atoms with Crippen LogP contribution in [0, 0.1) is 11.8 Å². The lowest BCUT2D eigenvalue weighted by Crippen LogP contribution is -2.45. The van der Waals surface area contributed by atoms with Crippen molar-refractivity contribution < 1.29 is 15.0 Å². The van der Waals surface area contributed by atoms with Gasteiger partial charge >= 0.3 is 0 Å². The molecule has 2 N–H and O–H groups in total. The van der Waals surface area contributed by atoms with E-state index in [0.29, 0.717) is 24.2 Å². The predicted octanol–water partition coefficient (Wildman–Crippen LogP) is 0.802. The van der Waals surface area contributed by atoms with Crippen LogP contribution < -0.4 is 0 Å². The van der Waals surface area contributed by atoms with Gasteiger partial charge in [-0.25, -0.2) is 4.98 Å². The fourth-order valence-electron chi connectivity index (χ4n) is 2.34. The number of hydrogen-bond acceptors (Lipinski definition) is 4. The SMILES string of the molecule is O=C(c1ncccc1C#CCO)N(CCCO)C1CCC1. The maximum Gasteiger partial charge on any atom is 0.273 e. The lowest BCUT2D eigenvalue weighted by atomic mass is 9.91. The molecule has 1 aliphatic carbocycles. The van der Waals surface area contributed by atoms with Crippen LogP contribution in [0.5, 0.6) is 0 Å². The highest BCUT2D eigenvalue weighted by atomic mass is 16.3. The summed E-state index contributed by atoms with van der Waals surface area (Å²) in [6.45, 7) is 0.346. The second-order valence-corrected chi connectivity index (χ2v) is 5.02. The quantitative estimate of drug-likeness (QED) is 0.786. The molecule has 1 aromatic rings. The van der Waals surface area contributed by atoms with Crippen molar-refractivity contribution in [3.63, 3.8) is 0 Å². The highest BCUT2D eigenvalue weighted by molar-refractivity contribution is 5.95. The van der Waals surface area contributed by atoms with Crippen LogP contribution in [0.1, 0.15) is 41.7 Å². The van der Waals surface area contributed by atoms with Crippen LogP contribution in [0.25, 0.3) is 0 Å². The monoisotopic (exact) mass is 288 g/mol. The van der Waals surface area contributed by atoms with Gasteiger partial charge in [-0.2, -0.15) is 0 Å². The zero-order valence-corrected chi connectivity index (χ0v) is 12.0. The summed E-state index contributed by atoms with van der Waals surface area (Å²) >= 11 is 0. The van der Waals surface area contributed by atoms with E-state index in [0.717, 1.165) is 19.3 Å². The van der Waals surface area contributed by atoms with Gasteiger partial charge in [0.1, 0.15) is 12.3 Å². The summed E-state index contributed by atoms with van der Waals surface area (Å²) in [6.07, 6.45) is 5.27. The Kier molecular flexibility index (Phi) is 5.73. The van der Waals surface area contributed by atoms with Crippen LogP contribution in [0.2, 0.25) is 0 Å². The average molecular weight is 288 g/mol. The van der Waals surface area contributed by atoms with Crippen LogP contribution in [0.3, 0.4) is 0 Å². The third-order valence-electron chi connectivity index (χ3n) is 3.65. The van der Waals surface area contributed by atoms with E-state index in [1.54, 1.807) is 23.2 Å². The molecule has 0 atom stereocenters. The average Bonchev–Trinajstić information content (AvgIpc) is 2.47. The number of carbonyl (C=O) groups is 1. The molecule has 0 aliphatic heterocycles. The summed E-state index contributed by atoms with van der Waals surface area (Å²) in [6, 6.07) is 3.69. The van der Waals surface area contributed by atoms with E-state index in [9.17, 15) is 4.79 Å². The predicted molar refractivity (Wildman–Crippen MR) is 78.6 cm³/mol. The molecular formula is C16H20N2O3.